The first-order chi connectivity index (χ1) is 14.4. The first kappa shape index (κ1) is 20.9. The highest BCUT2D eigenvalue weighted by molar-refractivity contribution is 6.30. The Balaban J connectivity index is 1.75. The van der Waals surface area contributed by atoms with E-state index in [2.05, 4.69) is 30.2 Å². The summed E-state index contributed by atoms with van der Waals surface area (Å²) in [6.45, 7) is -0.239. The van der Waals surface area contributed by atoms with Crippen LogP contribution in [0.1, 0.15) is 20.7 Å². The second-order valence-electron chi connectivity index (χ2n) is 5.98. The Kier molecular flexibility index (Phi) is 6.38. The van der Waals surface area contributed by atoms with E-state index in [1.54, 1.807) is 24.3 Å². The lowest BCUT2D eigenvalue weighted by Gasteiger charge is -2.09. The summed E-state index contributed by atoms with van der Waals surface area (Å²) < 4.78 is 9.34. The van der Waals surface area contributed by atoms with Gasteiger partial charge in [-0.25, -0.2) is 9.59 Å². The molecule has 0 radical (unpaired) electrons. The molecule has 0 atom stereocenters. The molecule has 3 rings (SSSR count). The number of anilines is 1. The molecule has 0 fully saturated rings. The van der Waals surface area contributed by atoms with Crippen molar-refractivity contribution in [3.05, 3.63) is 58.6 Å². The van der Waals surface area contributed by atoms with Gasteiger partial charge < -0.3 is 14.8 Å². The molecule has 30 heavy (non-hydrogen) atoms. The van der Waals surface area contributed by atoms with Gasteiger partial charge in [0.25, 0.3) is 0 Å². The van der Waals surface area contributed by atoms with Crippen LogP contribution in [0.4, 0.5) is 5.69 Å². The summed E-state index contributed by atoms with van der Waals surface area (Å²) in [5, 5.41) is 15.1. The summed E-state index contributed by atoms with van der Waals surface area (Å²) in [5.41, 5.74) is 1.07. The highest BCUT2D eigenvalue weighted by atomic mass is 35.5. The molecule has 0 bridgehead atoms. The minimum Gasteiger partial charge on any atom is -0.465 e. The number of hydrogen-bond acceptors (Lipinski definition) is 8. The maximum atomic E-state index is 12.4. The van der Waals surface area contributed by atoms with Crippen LogP contribution >= 0.6 is 11.6 Å². The lowest BCUT2D eigenvalue weighted by molar-refractivity contribution is -0.117. The average molecular weight is 430 g/mol. The minimum absolute atomic E-state index is 0.0830. The first-order valence-electron chi connectivity index (χ1n) is 8.55. The molecule has 11 heteroatoms. The van der Waals surface area contributed by atoms with Gasteiger partial charge >= 0.3 is 11.9 Å². The summed E-state index contributed by atoms with van der Waals surface area (Å²) in [6.07, 6.45) is 0. The topological polar surface area (TPSA) is 125 Å². The maximum Gasteiger partial charge on any atom is 0.337 e. The molecular weight excluding hydrogens is 414 g/mol. The van der Waals surface area contributed by atoms with Crippen LogP contribution in [-0.2, 0) is 20.8 Å². The third kappa shape index (κ3) is 4.97. The van der Waals surface area contributed by atoms with E-state index in [1.165, 1.54) is 32.4 Å². The number of aromatic nitrogens is 4. The quantitative estimate of drug-likeness (QED) is 0.591. The molecule has 1 aromatic heterocycles. The molecule has 1 amide bonds. The van der Waals surface area contributed by atoms with Crippen molar-refractivity contribution >= 4 is 35.1 Å². The van der Waals surface area contributed by atoms with Gasteiger partial charge in [0.15, 0.2) is 0 Å². The summed E-state index contributed by atoms with van der Waals surface area (Å²) in [4.78, 5) is 37.2. The van der Waals surface area contributed by atoms with E-state index < -0.39 is 17.8 Å². The van der Waals surface area contributed by atoms with E-state index in [0.717, 1.165) is 4.80 Å². The van der Waals surface area contributed by atoms with Crippen molar-refractivity contribution in [2.45, 2.75) is 6.54 Å². The Bertz CT molecular complexity index is 1060. The van der Waals surface area contributed by atoms with E-state index in [9.17, 15) is 14.4 Å². The molecule has 0 unspecified atom stereocenters. The molecule has 0 saturated carbocycles. The fraction of sp³-hybridized carbons (Fsp3) is 0.158. The number of ether oxygens (including phenoxy) is 2. The number of halogens is 1. The summed E-state index contributed by atoms with van der Waals surface area (Å²) in [7, 11) is 2.42. The average Bonchev–Trinajstić information content (AvgIpc) is 3.20. The molecule has 3 aromatic rings. The number of hydrogen-bond donors (Lipinski definition) is 1. The van der Waals surface area contributed by atoms with Crippen molar-refractivity contribution in [1.82, 2.24) is 20.2 Å². The van der Waals surface area contributed by atoms with Crippen LogP contribution < -0.4 is 5.32 Å². The van der Waals surface area contributed by atoms with Crippen LogP contribution in [0.3, 0.4) is 0 Å². The highest BCUT2D eigenvalue weighted by Gasteiger charge is 2.16. The number of methoxy groups -OCH3 is 2. The zero-order valence-corrected chi connectivity index (χ0v) is 16.7. The molecular formula is C19H16ClN5O5. The van der Waals surface area contributed by atoms with Crippen LogP contribution in [0.25, 0.3) is 11.4 Å². The van der Waals surface area contributed by atoms with Crippen molar-refractivity contribution < 1.29 is 23.9 Å². The van der Waals surface area contributed by atoms with Gasteiger partial charge in [-0.05, 0) is 47.7 Å². The van der Waals surface area contributed by atoms with Gasteiger partial charge in [-0.2, -0.15) is 4.80 Å². The van der Waals surface area contributed by atoms with E-state index >= 15 is 0 Å². The lowest BCUT2D eigenvalue weighted by atomic mass is 10.1. The van der Waals surface area contributed by atoms with Gasteiger partial charge in [0.1, 0.15) is 6.54 Å². The van der Waals surface area contributed by atoms with Gasteiger partial charge in [0, 0.05) is 16.3 Å². The highest BCUT2D eigenvalue weighted by Crippen LogP contribution is 2.18. The van der Waals surface area contributed by atoms with Gasteiger partial charge in [-0.3, -0.25) is 4.79 Å². The molecule has 154 valence electrons. The largest absolute Gasteiger partial charge is 0.465 e. The summed E-state index contributed by atoms with van der Waals surface area (Å²) >= 11 is 5.86. The Morgan fingerprint density at radius 1 is 1.00 bits per heavy atom. The molecule has 2 aromatic carbocycles. The van der Waals surface area contributed by atoms with E-state index in [1.807, 2.05) is 0 Å². The third-order valence-electron chi connectivity index (χ3n) is 3.90. The molecule has 0 aliphatic rings. The Labute approximate surface area is 175 Å². The Morgan fingerprint density at radius 2 is 1.60 bits per heavy atom. The number of rotatable bonds is 6. The number of nitrogens with one attached hydrogen (secondary N) is 1. The zero-order chi connectivity index (χ0) is 21.7. The van der Waals surface area contributed by atoms with Crippen LogP contribution in [0.2, 0.25) is 5.02 Å². The smallest absolute Gasteiger partial charge is 0.337 e. The number of nitrogens with zero attached hydrogens (tertiary/aromatic N) is 4. The second kappa shape index (κ2) is 9.14. The van der Waals surface area contributed by atoms with Gasteiger partial charge in [0.2, 0.25) is 11.7 Å². The van der Waals surface area contributed by atoms with Crippen molar-refractivity contribution in [2.75, 3.05) is 19.5 Å². The lowest BCUT2D eigenvalue weighted by Crippen LogP contribution is -2.21. The van der Waals surface area contributed by atoms with Crippen LogP contribution in [-0.4, -0.2) is 52.3 Å². The third-order valence-corrected chi connectivity index (χ3v) is 4.15. The Hall–Kier alpha value is -3.79. The van der Waals surface area contributed by atoms with Crippen LogP contribution in [0.15, 0.2) is 42.5 Å². The van der Waals surface area contributed by atoms with Crippen molar-refractivity contribution in [1.29, 1.82) is 0 Å². The van der Waals surface area contributed by atoms with Gasteiger partial charge in [-0.1, -0.05) is 11.6 Å². The van der Waals surface area contributed by atoms with Crippen LogP contribution in [0.5, 0.6) is 0 Å². The SMILES string of the molecule is COC(=O)c1cc(NC(=O)Cn2nnc(-c3ccc(Cl)cc3)n2)cc(C(=O)OC)c1. The first-order valence-corrected chi connectivity index (χ1v) is 8.92. The molecule has 1 N–H and O–H groups in total. The maximum absolute atomic E-state index is 12.4. The van der Waals surface area contributed by atoms with E-state index in [-0.39, 0.29) is 23.4 Å². The fourth-order valence-corrected chi connectivity index (χ4v) is 2.65. The van der Waals surface area contributed by atoms with E-state index in [0.29, 0.717) is 16.4 Å². The number of benzene rings is 2. The molecule has 0 saturated heterocycles. The number of esters is 2. The Morgan fingerprint density at radius 3 is 2.17 bits per heavy atom. The van der Waals surface area contributed by atoms with Crippen LogP contribution in [0, 0.1) is 0 Å². The van der Waals surface area contributed by atoms with Gasteiger partial charge in [0.05, 0.1) is 25.3 Å². The zero-order valence-electron chi connectivity index (χ0n) is 16.0. The standard InChI is InChI=1S/C19H16ClN5O5/c1-29-18(27)12-7-13(19(28)30-2)9-15(8-12)21-16(26)10-25-23-17(22-24-25)11-3-5-14(20)6-4-11/h3-9H,10H2,1-2H3,(H,21,26). The molecule has 0 aliphatic heterocycles. The molecule has 10 nitrogen and oxygen atoms in total. The normalized spacial score (nSPS) is 10.4. The minimum atomic E-state index is -0.665. The number of amides is 1. The van der Waals surface area contributed by atoms with Gasteiger partial charge in [-0.15, -0.1) is 10.2 Å². The van der Waals surface area contributed by atoms with Crippen molar-refractivity contribution in [3.8, 4) is 11.4 Å². The summed E-state index contributed by atoms with van der Waals surface area (Å²) in [6, 6.07) is 10.9. The molecule has 0 aliphatic carbocycles. The predicted molar refractivity (Wildman–Crippen MR) is 106 cm³/mol. The van der Waals surface area contributed by atoms with E-state index in [4.69, 9.17) is 11.6 Å². The fourth-order valence-electron chi connectivity index (χ4n) is 2.52. The number of carbonyl (C=O) groups is 3. The number of tetrazole rings is 1. The summed E-state index contributed by atoms with van der Waals surface area (Å²) in [5.74, 6) is -1.49. The molecule has 0 spiro atoms. The van der Waals surface area contributed by atoms with Crippen molar-refractivity contribution in [3.63, 3.8) is 0 Å². The molecule has 1 heterocycles. The monoisotopic (exact) mass is 429 g/mol. The second-order valence-corrected chi connectivity index (χ2v) is 6.42. The predicted octanol–water partition coefficient (Wildman–Crippen LogP) is 2.21. The number of carbonyl (C=O) groups excluding carboxylic acids is 3. The van der Waals surface area contributed by atoms with Crippen molar-refractivity contribution in [2.24, 2.45) is 0 Å².